The minimum atomic E-state index is 0.0919. The molecule has 3 nitrogen and oxygen atoms in total. The molecule has 0 saturated heterocycles. The van der Waals surface area contributed by atoms with Gasteiger partial charge in [-0.15, -0.1) is 0 Å². The van der Waals surface area contributed by atoms with Crippen LogP contribution in [0.4, 0.5) is 0 Å². The van der Waals surface area contributed by atoms with E-state index < -0.39 is 0 Å². The maximum absolute atomic E-state index is 13.3. The van der Waals surface area contributed by atoms with Gasteiger partial charge in [-0.2, -0.15) is 0 Å². The molecule has 0 unspecified atom stereocenters. The van der Waals surface area contributed by atoms with Crippen molar-refractivity contribution in [3.63, 3.8) is 0 Å². The number of hydrogen-bond donors (Lipinski definition) is 1. The standard InChI is InChI=1S/C30H30Cl2N2O/c1-21-10-12-23(13-11-21)19-34(20-24-14-15-28(31)29(32)18-24)30(35)16-17-33-22(2)26-9-5-7-25-6-3-4-8-27(25)26/h3-15,18,22,33H,16-17,19-20H2,1-2H3/t22-/m1/s1. The maximum Gasteiger partial charge on any atom is 0.224 e. The first-order chi connectivity index (χ1) is 16.9. The smallest absolute Gasteiger partial charge is 0.224 e. The monoisotopic (exact) mass is 504 g/mol. The van der Waals surface area contributed by atoms with Crippen molar-refractivity contribution in [1.29, 1.82) is 0 Å². The topological polar surface area (TPSA) is 32.3 Å². The highest BCUT2D eigenvalue weighted by Gasteiger charge is 2.16. The van der Waals surface area contributed by atoms with Crippen LogP contribution in [0.25, 0.3) is 10.8 Å². The van der Waals surface area contributed by atoms with Gasteiger partial charge in [-0.3, -0.25) is 4.79 Å². The van der Waals surface area contributed by atoms with E-state index in [0.717, 1.165) is 11.1 Å². The minimum absolute atomic E-state index is 0.0919. The molecule has 0 bridgehead atoms. The zero-order chi connectivity index (χ0) is 24.8. The summed E-state index contributed by atoms with van der Waals surface area (Å²) in [6, 6.07) is 28.7. The van der Waals surface area contributed by atoms with E-state index in [1.165, 1.54) is 21.9 Å². The molecule has 0 aliphatic heterocycles. The van der Waals surface area contributed by atoms with Crippen LogP contribution in [0.1, 0.15) is 41.6 Å². The van der Waals surface area contributed by atoms with Gasteiger partial charge in [-0.05, 0) is 53.4 Å². The van der Waals surface area contributed by atoms with Gasteiger partial charge in [0.25, 0.3) is 0 Å². The van der Waals surface area contributed by atoms with E-state index in [4.69, 9.17) is 23.2 Å². The molecular weight excluding hydrogens is 475 g/mol. The number of benzene rings is 4. The summed E-state index contributed by atoms with van der Waals surface area (Å²) in [7, 11) is 0. The summed E-state index contributed by atoms with van der Waals surface area (Å²) in [4.78, 5) is 15.2. The van der Waals surface area contributed by atoms with Gasteiger partial charge in [0.15, 0.2) is 0 Å². The summed E-state index contributed by atoms with van der Waals surface area (Å²) in [5, 5.41) is 7.01. The van der Waals surface area contributed by atoms with Gasteiger partial charge in [0.1, 0.15) is 0 Å². The molecule has 0 spiro atoms. The van der Waals surface area contributed by atoms with E-state index in [2.05, 4.69) is 85.9 Å². The van der Waals surface area contributed by atoms with Crippen molar-refractivity contribution in [1.82, 2.24) is 10.2 Å². The quantitative estimate of drug-likeness (QED) is 0.253. The Morgan fingerprint density at radius 1 is 0.857 bits per heavy atom. The SMILES string of the molecule is Cc1ccc(CN(Cc2ccc(Cl)c(Cl)c2)C(=O)CCN[C@H](C)c2cccc3ccccc23)cc1. The second-order valence-corrected chi connectivity index (χ2v) is 9.79. The highest BCUT2D eigenvalue weighted by molar-refractivity contribution is 6.42. The van der Waals surface area contributed by atoms with Gasteiger partial charge in [0.2, 0.25) is 5.91 Å². The van der Waals surface area contributed by atoms with E-state index >= 15 is 0 Å². The molecule has 0 heterocycles. The Hall–Kier alpha value is -2.85. The summed E-state index contributed by atoms with van der Waals surface area (Å²) in [5.74, 6) is 0.0919. The number of amides is 1. The number of halogens is 2. The lowest BCUT2D eigenvalue weighted by molar-refractivity contribution is -0.132. The Balaban J connectivity index is 1.43. The maximum atomic E-state index is 13.3. The van der Waals surface area contributed by atoms with Gasteiger partial charge >= 0.3 is 0 Å². The van der Waals surface area contributed by atoms with E-state index in [-0.39, 0.29) is 11.9 Å². The first kappa shape index (κ1) is 25.2. The number of aryl methyl sites for hydroxylation is 1. The molecule has 4 rings (SSSR count). The third kappa shape index (κ3) is 6.64. The predicted octanol–water partition coefficient (Wildman–Crippen LogP) is 7.72. The Kier molecular flexibility index (Phi) is 8.46. The van der Waals surface area contributed by atoms with E-state index in [9.17, 15) is 4.79 Å². The molecule has 1 atom stereocenters. The Morgan fingerprint density at radius 3 is 2.31 bits per heavy atom. The van der Waals surface area contributed by atoms with Gasteiger partial charge in [0.05, 0.1) is 10.0 Å². The molecule has 5 heteroatoms. The lowest BCUT2D eigenvalue weighted by Gasteiger charge is -2.24. The summed E-state index contributed by atoms with van der Waals surface area (Å²) in [5.41, 5.74) is 4.49. The van der Waals surface area contributed by atoms with Crippen molar-refractivity contribution >= 4 is 39.9 Å². The second-order valence-electron chi connectivity index (χ2n) is 8.98. The van der Waals surface area contributed by atoms with Crippen molar-refractivity contribution in [3.05, 3.63) is 117 Å². The third-order valence-electron chi connectivity index (χ3n) is 6.28. The summed E-state index contributed by atoms with van der Waals surface area (Å²) in [6.45, 7) is 5.81. The van der Waals surface area contributed by atoms with Gasteiger partial charge in [0, 0.05) is 32.1 Å². The van der Waals surface area contributed by atoms with Gasteiger partial charge in [-0.25, -0.2) is 0 Å². The molecule has 0 aromatic heterocycles. The van der Waals surface area contributed by atoms with Crippen molar-refractivity contribution in [2.75, 3.05) is 6.54 Å². The van der Waals surface area contributed by atoms with E-state index in [0.29, 0.717) is 36.1 Å². The van der Waals surface area contributed by atoms with E-state index in [1.807, 2.05) is 17.0 Å². The minimum Gasteiger partial charge on any atom is -0.334 e. The average Bonchev–Trinajstić information content (AvgIpc) is 2.86. The molecule has 0 radical (unpaired) electrons. The zero-order valence-electron chi connectivity index (χ0n) is 20.1. The Labute approximate surface area is 217 Å². The van der Waals surface area contributed by atoms with Crippen LogP contribution >= 0.6 is 23.2 Å². The molecule has 4 aromatic rings. The molecule has 0 fully saturated rings. The van der Waals surface area contributed by atoms with Crippen molar-refractivity contribution in [2.24, 2.45) is 0 Å². The molecule has 35 heavy (non-hydrogen) atoms. The van der Waals surface area contributed by atoms with Crippen molar-refractivity contribution < 1.29 is 4.79 Å². The molecular formula is C30H30Cl2N2O. The molecule has 1 N–H and O–H groups in total. The molecule has 0 saturated carbocycles. The van der Waals surface area contributed by atoms with Crippen LogP contribution in [0, 0.1) is 6.92 Å². The Bertz CT molecular complexity index is 1300. The molecule has 0 aliphatic carbocycles. The lowest BCUT2D eigenvalue weighted by atomic mass is 9.99. The predicted molar refractivity (Wildman–Crippen MR) is 147 cm³/mol. The van der Waals surface area contributed by atoms with Crippen molar-refractivity contribution in [3.8, 4) is 0 Å². The molecule has 1 amide bonds. The van der Waals surface area contributed by atoms with Crippen LogP contribution in [0.3, 0.4) is 0 Å². The first-order valence-corrected chi connectivity index (χ1v) is 12.6. The van der Waals surface area contributed by atoms with Gasteiger partial charge < -0.3 is 10.2 Å². The Morgan fingerprint density at radius 2 is 1.54 bits per heavy atom. The summed E-state index contributed by atoms with van der Waals surface area (Å²) in [6.07, 6.45) is 0.405. The number of rotatable bonds is 9. The zero-order valence-corrected chi connectivity index (χ0v) is 21.6. The molecule has 180 valence electrons. The summed E-state index contributed by atoms with van der Waals surface area (Å²) < 4.78 is 0. The highest BCUT2D eigenvalue weighted by Crippen LogP contribution is 2.25. The van der Waals surface area contributed by atoms with E-state index in [1.54, 1.807) is 6.07 Å². The number of fused-ring (bicyclic) bond motifs is 1. The number of carbonyl (C=O) groups excluding carboxylic acids is 1. The van der Waals surface area contributed by atoms with Crippen molar-refractivity contribution in [2.45, 2.75) is 39.4 Å². The number of nitrogens with one attached hydrogen (secondary N) is 1. The van der Waals surface area contributed by atoms with Gasteiger partial charge in [-0.1, -0.05) is 102 Å². The molecule has 0 aliphatic rings. The largest absolute Gasteiger partial charge is 0.334 e. The fourth-order valence-corrected chi connectivity index (χ4v) is 4.62. The highest BCUT2D eigenvalue weighted by atomic mass is 35.5. The van der Waals surface area contributed by atoms with Crippen LogP contribution in [0.15, 0.2) is 84.9 Å². The third-order valence-corrected chi connectivity index (χ3v) is 7.02. The lowest BCUT2D eigenvalue weighted by Crippen LogP contribution is -2.33. The fourth-order valence-electron chi connectivity index (χ4n) is 4.30. The van der Waals surface area contributed by atoms with Crippen LogP contribution in [-0.4, -0.2) is 17.4 Å². The average molecular weight is 505 g/mol. The normalized spacial score (nSPS) is 12.0. The number of carbonyl (C=O) groups is 1. The van der Waals surface area contributed by atoms with Crippen LogP contribution < -0.4 is 5.32 Å². The first-order valence-electron chi connectivity index (χ1n) is 11.9. The van der Waals surface area contributed by atoms with Crippen LogP contribution in [0.2, 0.25) is 10.0 Å². The summed E-state index contributed by atoms with van der Waals surface area (Å²) >= 11 is 12.3. The second kappa shape index (κ2) is 11.7. The fraction of sp³-hybridized carbons (Fsp3) is 0.233. The number of nitrogens with zero attached hydrogens (tertiary/aromatic N) is 1. The van der Waals surface area contributed by atoms with Crippen LogP contribution in [-0.2, 0) is 17.9 Å². The number of hydrogen-bond acceptors (Lipinski definition) is 2. The van der Waals surface area contributed by atoms with Crippen LogP contribution in [0.5, 0.6) is 0 Å². The molecule has 4 aromatic carbocycles.